The van der Waals surface area contributed by atoms with Crippen LogP contribution in [0.2, 0.25) is 0 Å². The summed E-state index contributed by atoms with van der Waals surface area (Å²) in [4.78, 5) is 8.34. The molecule has 2 N–H and O–H groups in total. The Morgan fingerprint density at radius 1 is 1.25 bits per heavy atom. The Morgan fingerprint density at radius 2 is 2.00 bits per heavy atom. The summed E-state index contributed by atoms with van der Waals surface area (Å²) in [6.45, 7) is 3.79. The Balaban J connectivity index is 2.30. The van der Waals surface area contributed by atoms with Gasteiger partial charge >= 0.3 is 0 Å². The average molecular weight is 235 g/mol. The van der Waals surface area contributed by atoms with Gasteiger partial charge in [0.1, 0.15) is 21.7 Å². The van der Waals surface area contributed by atoms with Gasteiger partial charge in [-0.2, -0.15) is 5.10 Å². The Morgan fingerprint density at radius 3 is 2.56 bits per heavy atom. The van der Waals surface area contributed by atoms with Crippen molar-refractivity contribution in [3.63, 3.8) is 0 Å². The van der Waals surface area contributed by atoms with Gasteiger partial charge in [0.25, 0.3) is 0 Å². The van der Waals surface area contributed by atoms with Gasteiger partial charge in [-0.05, 0) is 19.9 Å². The first-order valence-electron chi connectivity index (χ1n) is 4.84. The van der Waals surface area contributed by atoms with Gasteiger partial charge in [-0.15, -0.1) is 0 Å². The van der Waals surface area contributed by atoms with Crippen LogP contribution < -0.4 is 5.73 Å². The summed E-state index contributed by atoms with van der Waals surface area (Å²) < 4.78 is 1.83. The molecule has 0 unspecified atom stereocenters. The number of nitrogens with two attached hydrogens (primary N) is 1. The molecule has 0 aliphatic carbocycles. The van der Waals surface area contributed by atoms with Crippen molar-refractivity contribution in [2.75, 3.05) is 5.73 Å². The van der Waals surface area contributed by atoms with Gasteiger partial charge in [0.05, 0.1) is 5.69 Å². The molecule has 16 heavy (non-hydrogen) atoms. The third-order valence-corrected chi connectivity index (χ3v) is 3.01. The van der Waals surface area contributed by atoms with Crippen LogP contribution in [-0.2, 0) is 7.05 Å². The summed E-state index contributed by atoms with van der Waals surface area (Å²) in [5.41, 5.74) is 6.66. The summed E-state index contributed by atoms with van der Waals surface area (Å²) in [7, 11) is 1.91. The Labute approximate surface area is 98.1 Å². The highest BCUT2D eigenvalue weighted by Crippen LogP contribution is 2.26. The lowest BCUT2D eigenvalue weighted by Crippen LogP contribution is -1.97. The first-order chi connectivity index (χ1) is 7.54. The van der Waals surface area contributed by atoms with Crippen molar-refractivity contribution in [3.8, 4) is 0 Å². The van der Waals surface area contributed by atoms with Gasteiger partial charge < -0.3 is 5.73 Å². The first kappa shape index (κ1) is 10.9. The fourth-order valence-corrected chi connectivity index (χ4v) is 2.38. The summed E-state index contributed by atoms with van der Waals surface area (Å²) in [6.07, 6.45) is 0. The van der Waals surface area contributed by atoms with Crippen molar-refractivity contribution in [3.05, 3.63) is 23.7 Å². The van der Waals surface area contributed by atoms with E-state index < -0.39 is 0 Å². The number of nitrogen functional groups attached to an aromatic ring is 1. The van der Waals surface area contributed by atoms with E-state index in [4.69, 9.17) is 5.73 Å². The predicted octanol–water partition coefficient (Wildman–Crippen LogP) is 1.56. The number of aromatic nitrogens is 4. The highest BCUT2D eigenvalue weighted by Gasteiger charge is 2.06. The molecule has 2 aromatic rings. The van der Waals surface area contributed by atoms with Crippen LogP contribution in [0.3, 0.4) is 0 Å². The molecule has 5 nitrogen and oxygen atoms in total. The quantitative estimate of drug-likeness (QED) is 0.800. The molecule has 0 aliphatic rings. The maximum absolute atomic E-state index is 5.67. The summed E-state index contributed by atoms with van der Waals surface area (Å²) in [5.74, 6) is 1.18. The minimum atomic E-state index is 0.494. The molecule has 2 heterocycles. The molecular weight excluding hydrogens is 222 g/mol. The third-order valence-electron chi connectivity index (χ3n) is 2.00. The molecule has 0 saturated carbocycles. The number of aryl methyl sites for hydroxylation is 3. The van der Waals surface area contributed by atoms with Gasteiger partial charge in [0.2, 0.25) is 0 Å². The number of hydrogen-bond acceptors (Lipinski definition) is 5. The lowest BCUT2D eigenvalue weighted by Gasteiger charge is -2.02. The van der Waals surface area contributed by atoms with E-state index in [0.29, 0.717) is 11.6 Å². The fraction of sp³-hybridized carbons (Fsp3) is 0.300. The van der Waals surface area contributed by atoms with Gasteiger partial charge in [0.15, 0.2) is 0 Å². The second-order valence-electron chi connectivity index (χ2n) is 3.53. The summed E-state index contributed by atoms with van der Waals surface area (Å²) in [5, 5.41) is 6.15. The van der Waals surface area contributed by atoms with Crippen LogP contribution in [0.15, 0.2) is 22.2 Å². The minimum Gasteiger partial charge on any atom is -0.384 e. The molecule has 0 radical (unpaired) electrons. The second kappa shape index (κ2) is 4.13. The third kappa shape index (κ3) is 2.33. The van der Waals surface area contributed by atoms with Crippen molar-refractivity contribution in [1.29, 1.82) is 0 Å². The van der Waals surface area contributed by atoms with Crippen LogP contribution in [0.5, 0.6) is 0 Å². The van der Waals surface area contributed by atoms with Crippen LogP contribution >= 0.6 is 11.8 Å². The highest BCUT2D eigenvalue weighted by molar-refractivity contribution is 7.99. The molecule has 2 rings (SSSR count). The molecule has 84 valence electrons. The largest absolute Gasteiger partial charge is 0.384 e. The maximum Gasteiger partial charge on any atom is 0.128 e. The molecule has 0 bridgehead atoms. The van der Waals surface area contributed by atoms with E-state index in [1.807, 2.05) is 31.6 Å². The van der Waals surface area contributed by atoms with Crippen molar-refractivity contribution in [2.24, 2.45) is 7.05 Å². The van der Waals surface area contributed by atoms with E-state index in [0.717, 1.165) is 15.7 Å². The molecule has 0 atom stereocenters. The van der Waals surface area contributed by atoms with Gasteiger partial charge in [0, 0.05) is 13.1 Å². The van der Waals surface area contributed by atoms with E-state index in [1.54, 1.807) is 6.07 Å². The topological polar surface area (TPSA) is 69.6 Å². The zero-order chi connectivity index (χ0) is 11.7. The molecule has 0 amide bonds. The van der Waals surface area contributed by atoms with E-state index >= 15 is 0 Å². The zero-order valence-electron chi connectivity index (χ0n) is 9.43. The SMILES string of the molecule is Cc1cc(Sc2cc(N)nc(C)n2)n(C)n1. The lowest BCUT2D eigenvalue weighted by atomic mass is 10.5. The van der Waals surface area contributed by atoms with Gasteiger partial charge in [-0.3, -0.25) is 4.68 Å². The van der Waals surface area contributed by atoms with E-state index in [-0.39, 0.29) is 0 Å². The molecular formula is C10H13N5S. The van der Waals surface area contributed by atoms with Crippen LogP contribution in [0.1, 0.15) is 11.5 Å². The van der Waals surface area contributed by atoms with Gasteiger partial charge in [-0.1, -0.05) is 11.8 Å². The smallest absolute Gasteiger partial charge is 0.128 e. The highest BCUT2D eigenvalue weighted by atomic mass is 32.2. The van der Waals surface area contributed by atoms with Crippen LogP contribution in [0, 0.1) is 13.8 Å². The molecule has 0 aliphatic heterocycles. The standard InChI is InChI=1S/C10H13N5S/c1-6-4-10(15(3)14-6)16-9-5-8(11)12-7(2)13-9/h4-5H,1-3H3,(H2,11,12,13). The van der Waals surface area contributed by atoms with Crippen molar-refractivity contribution in [1.82, 2.24) is 19.7 Å². The zero-order valence-corrected chi connectivity index (χ0v) is 10.2. The van der Waals surface area contributed by atoms with Crippen molar-refractivity contribution in [2.45, 2.75) is 23.9 Å². The van der Waals surface area contributed by atoms with E-state index in [2.05, 4.69) is 15.1 Å². The van der Waals surface area contributed by atoms with Gasteiger partial charge in [-0.25, -0.2) is 9.97 Å². The summed E-state index contributed by atoms with van der Waals surface area (Å²) >= 11 is 1.53. The maximum atomic E-state index is 5.67. The summed E-state index contributed by atoms with van der Waals surface area (Å²) in [6, 6.07) is 3.78. The fourth-order valence-electron chi connectivity index (χ4n) is 1.40. The van der Waals surface area contributed by atoms with Crippen molar-refractivity contribution < 1.29 is 0 Å². The number of anilines is 1. The monoisotopic (exact) mass is 235 g/mol. The molecule has 0 spiro atoms. The predicted molar refractivity (Wildman–Crippen MR) is 63.2 cm³/mol. The average Bonchev–Trinajstić information content (AvgIpc) is 2.43. The van der Waals surface area contributed by atoms with E-state index in [9.17, 15) is 0 Å². The molecule has 0 saturated heterocycles. The molecule has 0 aromatic carbocycles. The lowest BCUT2D eigenvalue weighted by molar-refractivity contribution is 0.692. The van der Waals surface area contributed by atoms with E-state index in [1.165, 1.54) is 11.8 Å². The molecule has 6 heteroatoms. The first-order valence-corrected chi connectivity index (χ1v) is 5.66. The normalized spacial score (nSPS) is 10.7. The second-order valence-corrected chi connectivity index (χ2v) is 4.57. The Hall–Kier alpha value is -1.56. The van der Waals surface area contributed by atoms with Crippen molar-refractivity contribution >= 4 is 17.6 Å². The number of nitrogens with zero attached hydrogens (tertiary/aromatic N) is 4. The van der Waals surface area contributed by atoms with Crippen LogP contribution in [0.4, 0.5) is 5.82 Å². The minimum absolute atomic E-state index is 0.494. The van der Waals surface area contributed by atoms with Crippen LogP contribution in [-0.4, -0.2) is 19.7 Å². The molecule has 0 fully saturated rings. The Kier molecular flexibility index (Phi) is 2.82. The van der Waals surface area contributed by atoms with Crippen LogP contribution in [0.25, 0.3) is 0 Å². The number of rotatable bonds is 2. The number of hydrogen-bond donors (Lipinski definition) is 1. The Bertz CT molecular complexity index is 500. The molecule has 2 aromatic heterocycles.